The number of phenolic OH excluding ortho intramolecular Hbond substituents is 2. The van der Waals surface area contributed by atoms with E-state index in [0.29, 0.717) is 11.1 Å². The summed E-state index contributed by atoms with van der Waals surface area (Å²) in [6.45, 7) is 18.0. The SMILES string of the molecule is CCN(CC)c1ccc(C=Nc2c(C)cc(C)c(N=Cc3ccc(N(CC)CC)cc3O)c2C)c(O)c1. The predicted molar refractivity (Wildman–Crippen MR) is 158 cm³/mol. The fourth-order valence-electron chi connectivity index (χ4n) is 4.68. The van der Waals surface area contributed by atoms with Crippen LogP contribution in [0.2, 0.25) is 0 Å². The third-order valence-corrected chi connectivity index (χ3v) is 6.84. The Morgan fingerprint density at radius 2 is 1.00 bits per heavy atom. The lowest BCUT2D eigenvalue weighted by Crippen LogP contribution is -2.21. The zero-order chi connectivity index (χ0) is 27.1. The lowest BCUT2D eigenvalue weighted by Gasteiger charge is -2.21. The van der Waals surface area contributed by atoms with E-state index in [1.807, 2.05) is 45.0 Å². The minimum atomic E-state index is 0.206. The van der Waals surface area contributed by atoms with E-state index < -0.39 is 0 Å². The normalized spacial score (nSPS) is 11.5. The number of hydrogen-bond acceptors (Lipinski definition) is 6. The highest BCUT2D eigenvalue weighted by atomic mass is 16.3. The van der Waals surface area contributed by atoms with Crippen LogP contribution < -0.4 is 9.80 Å². The van der Waals surface area contributed by atoms with E-state index >= 15 is 0 Å². The molecule has 0 spiro atoms. The van der Waals surface area contributed by atoms with Crippen LogP contribution in [-0.4, -0.2) is 48.8 Å². The fourth-order valence-corrected chi connectivity index (χ4v) is 4.68. The number of aryl methyl sites for hydroxylation is 2. The highest BCUT2D eigenvalue weighted by Crippen LogP contribution is 2.36. The van der Waals surface area contributed by atoms with Gasteiger partial charge in [-0.3, -0.25) is 9.98 Å². The van der Waals surface area contributed by atoms with Crippen molar-refractivity contribution in [2.75, 3.05) is 36.0 Å². The summed E-state index contributed by atoms with van der Waals surface area (Å²) in [5.74, 6) is 0.412. The molecule has 3 aromatic rings. The van der Waals surface area contributed by atoms with Gasteiger partial charge in [0.05, 0.1) is 11.4 Å². The lowest BCUT2D eigenvalue weighted by atomic mass is 10.0. The molecular weight excluding hydrogens is 460 g/mol. The quantitative estimate of drug-likeness (QED) is 0.288. The Bertz CT molecular complexity index is 1190. The van der Waals surface area contributed by atoms with Crippen molar-refractivity contribution in [3.63, 3.8) is 0 Å². The Morgan fingerprint density at radius 3 is 1.32 bits per heavy atom. The van der Waals surface area contributed by atoms with E-state index in [9.17, 15) is 10.2 Å². The third kappa shape index (κ3) is 6.31. The number of hydrogen-bond donors (Lipinski definition) is 2. The summed E-state index contributed by atoms with van der Waals surface area (Å²) in [7, 11) is 0. The largest absolute Gasteiger partial charge is 0.507 e. The Balaban J connectivity index is 1.91. The van der Waals surface area contributed by atoms with Crippen LogP contribution in [0.1, 0.15) is 55.5 Å². The predicted octanol–water partition coefficient (Wildman–Crippen LogP) is 7.22. The summed E-state index contributed by atoms with van der Waals surface area (Å²) >= 11 is 0. The summed E-state index contributed by atoms with van der Waals surface area (Å²) in [5, 5.41) is 21.2. The van der Waals surface area contributed by atoms with Gasteiger partial charge in [0.1, 0.15) is 11.5 Å². The first kappa shape index (κ1) is 27.8. The van der Waals surface area contributed by atoms with Crippen molar-refractivity contribution in [1.29, 1.82) is 0 Å². The first-order valence-electron chi connectivity index (χ1n) is 13.1. The van der Waals surface area contributed by atoms with E-state index in [2.05, 4.69) is 43.6 Å². The number of nitrogens with zero attached hydrogens (tertiary/aromatic N) is 4. The van der Waals surface area contributed by atoms with Crippen molar-refractivity contribution >= 4 is 35.2 Å². The zero-order valence-electron chi connectivity index (χ0n) is 23.2. The van der Waals surface area contributed by atoms with Crippen LogP contribution in [0.3, 0.4) is 0 Å². The molecule has 0 heterocycles. The molecule has 37 heavy (non-hydrogen) atoms. The van der Waals surface area contributed by atoms with E-state index in [0.717, 1.165) is 65.6 Å². The van der Waals surface area contributed by atoms with Gasteiger partial charge in [-0.25, -0.2) is 0 Å². The van der Waals surface area contributed by atoms with E-state index in [-0.39, 0.29) is 11.5 Å². The Morgan fingerprint density at radius 1 is 0.622 bits per heavy atom. The molecule has 0 bridgehead atoms. The van der Waals surface area contributed by atoms with Gasteiger partial charge >= 0.3 is 0 Å². The van der Waals surface area contributed by atoms with Crippen LogP contribution in [-0.2, 0) is 0 Å². The number of aliphatic imine (C=N–C) groups is 2. The molecule has 0 saturated carbocycles. The highest BCUT2D eigenvalue weighted by molar-refractivity contribution is 5.89. The Labute approximate surface area is 221 Å². The molecule has 3 aromatic carbocycles. The van der Waals surface area contributed by atoms with Crippen molar-refractivity contribution < 1.29 is 10.2 Å². The molecule has 0 atom stereocenters. The number of aromatic hydroxyl groups is 2. The van der Waals surface area contributed by atoms with Crippen LogP contribution in [0.15, 0.2) is 52.4 Å². The monoisotopic (exact) mass is 500 g/mol. The Hall–Kier alpha value is -3.80. The zero-order valence-corrected chi connectivity index (χ0v) is 23.2. The minimum Gasteiger partial charge on any atom is -0.507 e. The number of rotatable bonds is 10. The second-order valence-electron chi connectivity index (χ2n) is 9.18. The van der Waals surface area contributed by atoms with Crippen LogP contribution >= 0.6 is 0 Å². The molecule has 0 aliphatic carbocycles. The summed E-state index contributed by atoms with van der Waals surface area (Å²) in [5.41, 5.74) is 7.99. The van der Waals surface area contributed by atoms with Crippen LogP contribution in [0.5, 0.6) is 11.5 Å². The van der Waals surface area contributed by atoms with Crippen LogP contribution in [0.25, 0.3) is 0 Å². The third-order valence-electron chi connectivity index (χ3n) is 6.84. The van der Waals surface area contributed by atoms with Crippen molar-refractivity contribution in [1.82, 2.24) is 0 Å². The average Bonchev–Trinajstić information content (AvgIpc) is 2.87. The van der Waals surface area contributed by atoms with Gasteiger partial charge in [-0.05, 0) is 83.9 Å². The van der Waals surface area contributed by atoms with Gasteiger partial charge < -0.3 is 20.0 Å². The summed E-state index contributed by atoms with van der Waals surface area (Å²) in [6.07, 6.45) is 3.41. The highest BCUT2D eigenvalue weighted by Gasteiger charge is 2.12. The number of anilines is 2. The molecule has 2 N–H and O–H groups in total. The topological polar surface area (TPSA) is 71.7 Å². The molecule has 6 nitrogen and oxygen atoms in total. The maximum absolute atomic E-state index is 10.6. The van der Waals surface area contributed by atoms with Crippen LogP contribution in [0, 0.1) is 20.8 Å². The summed E-state index contributed by atoms with van der Waals surface area (Å²) in [4.78, 5) is 13.9. The van der Waals surface area contributed by atoms with Crippen molar-refractivity contribution in [3.05, 3.63) is 70.3 Å². The van der Waals surface area contributed by atoms with E-state index in [4.69, 9.17) is 9.98 Å². The maximum Gasteiger partial charge on any atom is 0.126 e. The summed E-state index contributed by atoms with van der Waals surface area (Å²) < 4.78 is 0. The molecule has 0 radical (unpaired) electrons. The van der Waals surface area contributed by atoms with Gasteiger partial charge in [-0.15, -0.1) is 0 Å². The van der Waals surface area contributed by atoms with Gasteiger partial charge in [0.2, 0.25) is 0 Å². The van der Waals surface area contributed by atoms with Gasteiger partial charge in [-0.2, -0.15) is 0 Å². The maximum atomic E-state index is 10.6. The smallest absolute Gasteiger partial charge is 0.126 e. The first-order chi connectivity index (χ1) is 17.7. The lowest BCUT2D eigenvalue weighted by molar-refractivity contribution is 0.474. The fraction of sp³-hybridized carbons (Fsp3) is 0.355. The van der Waals surface area contributed by atoms with Crippen molar-refractivity contribution in [2.45, 2.75) is 48.5 Å². The molecule has 0 aromatic heterocycles. The average molecular weight is 501 g/mol. The van der Waals surface area contributed by atoms with Gasteiger partial charge in [0.15, 0.2) is 0 Å². The molecule has 196 valence electrons. The molecular formula is C31H40N4O2. The second-order valence-corrected chi connectivity index (χ2v) is 9.18. The number of phenols is 2. The molecule has 0 fully saturated rings. The molecule has 0 aliphatic heterocycles. The van der Waals surface area contributed by atoms with E-state index in [1.165, 1.54) is 0 Å². The minimum absolute atomic E-state index is 0.206. The van der Waals surface area contributed by atoms with Gasteiger partial charge in [-0.1, -0.05) is 6.07 Å². The first-order valence-corrected chi connectivity index (χ1v) is 13.1. The van der Waals surface area contributed by atoms with Gasteiger partial charge in [0.25, 0.3) is 0 Å². The van der Waals surface area contributed by atoms with Crippen molar-refractivity contribution in [3.8, 4) is 11.5 Å². The molecule has 0 amide bonds. The standard InChI is InChI=1S/C31H40N4O2/c1-8-34(9-2)26-14-12-24(28(36)17-26)19-32-30-21(5)16-22(6)31(23(30)7)33-20-25-13-15-27(18-29(25)37)35(10-3)11-4/h12-20,36-37H,8-11H2,1-7H3. The van der Waals surface area contributed by atoms with E-state index in [1.54, 1.807) is 24.6 Å². The molecule has 6 heteroatoms. The second kappa shape index (κ2) is 12.4. The molecule has 0 unspecified atom stereocenters. The van der Waals surface area contributed by atoms with Gasteiger partial charge in [0, 0.05) is 78.8 Å². The molecule has 0 saturated heterocycles. The van der Waals surface area contributed by atoms with Crippen LogP contribution in [0.4, 0.5) is 22.7 Å². The molecule has 3 rings (SSSR count). The summed E-state index contributed by atoms with van der Waals surface area (Å²) in [6, 6.07) is 13.5. The Kier molecular flexibility index (Phi) is 9.34. The van der Waals surface area contributed by atoms with Crippen molar-refractivity contribution in [2.24, 2.45) is 9.98 Å². The molecule has 0 aliphatic rings. The number of benzene rings is 3.